The molecule has 1 aromatic rings. The summed E-state index contributed by atoms with van der Waals surface area (Å²) in [5.74, 6) is 0.751. The fourth-order valence-corrected chi connectivity index (χ4v) is 3.58. The standard InChI is InChI=1S/C16H23N3O2/c1-18-9-3-6-14(18)15-7-4-10-19(15)16(20)12-21-13-5-2-8-17-11-13/h2,5,8,11,14-15H,3-4,6-7,9-10,12H2,1H3/t14-,15-/m1/s1. The number of likely N-dealkylation sites (N-methyl/N-ethyl adjacent to an activating group) is 1. The smallest absolute Gasteiger partial charge is 0.260 e. The van der Waals surface area contributed by atoms with Crippen LogP contribution in [0.4, 0.5) is 0 Å². The van der Waals surface area contributed by atoms with Gasteiger partial charge >= 0.3 is 0 Å². The average Bonchev–Trinajstić information content (AvgIpc) is 3.14. The number of amides is 1. The molecule has 2 aliphatic rings. The van der Waals surface area contributed by atoms with Crippen LogP contribution in [0, 0.1) is 0 Å². The van der Waals surface area contributed by atoms with Crippen LogP contribution in [0.2, 0.25) is 0 Å². The summed E-state index contributed by atoms with van der Waals surface area (Å²) < 4.78 is 5.55. The maximum Gasteiger partial charge on any atom is 0.260 e. The van der Waals surface area contributed by atoms with E-state index in [1.54, 1.807) is 12.4 Å². The highest BCUT2D eigenvalue weighted by Gasteiger charge is 2.38. The number of likely N-dealkylation sites (tertiary alicyclic amines) is 2. The van der Waals surface area contributed by atoms with E-state index < -0.39 is 0 Å². The van der Waals surface area contributed by atoms with Gasteiger partial charge < -0.3 is 14.5 Å². The summed E-state index contributed by atoms with van der Waals surface area (Å²) in [4.78, 5) is 20.9. The molecule has 2 saturated heterocycles. The second-order valence-corrected chi connectivity index (χ2v) is 5.96. The number of hydrogen-bond acceptors (Lipinski definition) is 4. The summed E-state index contributed by atoms with van der Waals surface area (Å²) in [6, 6.07) is 4.52. The highest BCUT2D eigenvalue weighted by molar-refractivity contribution is 5.78. The van der Waals surface area contributed by atoms with E-state index in [4.69, 9.17) is 4.74 Å². The third-order valence-electron chi connectivity index (χ3n) is 4.64. The van der Waals surface area contributed by atoms with E-state index >= 15 is 0 Å². The summed E-state index contributed by atoms with van der Waals surface area (Å²) in [5, 5.41) is 0. The van der Waals surface area contributed by atoms with Crippen LogP contribution in [-0.4, -0.2) is 59.5 Å². The first-order valence-electron chi connectivity index (χ1n) is 7.78. The first-order valence-corrected chi connectivity index (χ1v) is 7.78. The van der Waals surface area contributed by atoms with Crippen LogP contribution in [-0.2, 0) is 4.79 Å². The number of nitrogens with zero attached hydrogens (tertiary/aromatic N) is 3. The minimum absolute atomic E-state index is 0.0988. The predicted molar refractivity (Wildman–Crippen MR) is 80.1 cm³/mol. The Kier molecular flexibility index (Phi) is 4.39. The quantitative estimate of drug-likeness (QED) is 0.843. The summed E-state index contributed by atoms with van der Waals surface area (Å²) in [6.07, 6.45) is 8.00. The third-order valence-corrected chi connectivity index (χ3v) is 4.64. The van der Waals surface area contributed by atoms with Crippen LogP contribution < -0.4 is 4.74 Å². The molecule has 114 valence electrons. The van der Waals surface area contributed by atoms with Crippen molar-refractivity contribution in [3.63, 3.8) is 0 Å². The van der Waals surface area contributed by atoms with Crippen molar-refractivity contribution in [3.8, 4) is 5.75 Å². The number of aromatic nitrogens is 1. The number of hydrogen-bond donors (Lipinski definition) is 0. The molecule has 3 rings (SSSR count). The number of carbonyl (C=O) groups is 1. The van der Waals surface area contributed by atoms with Crippen molar-refractivity contribution in [2.75, 3.05) is 26.7 Å². The Morgan fingerprint density at radius 1 is 1.33 bits per heavy atom. The van der Waals surface area contributed by atoms with Gasteiger partial charge in [-0.25, -0.2) is 0 Å². The molecule has 5 nitrogen and oxygen atoms in total. The molecule has 0 aliphatic carbocycles. The molecule has 21 heavy (non-hydrogen) atoms. The molecule has 0 radical (unpaired) electrons. The van der Waals surface area contributed by atoms with Crippen LogP contribution in [0.15, 0.2) is 24.5 Å². The Balaban J connectivity index is 1.58. The zero-order valence-corrected chi connectivity index (χ0v) is 12.6. The largest absolute Gasteiger partial charge is 0.482 e. The molecule has 0 saturated carbocycles. The molecule has 0 spiro atoms. The monoisotopic (exact) mass is 289 g/mol. The first kappa shape index (κ1) is 14.3. The van der Waals surface area contributed by atoms with Gasteiger partial charge in [0.05, 0.1) is 6.20 Å². The van der Waals surface area contributed by atoms with Gasteiger partial charge in [0, 0.05) is 24.8 Å². The molecule has 5 heteroatoms. The Labute approximate surface area is 125 Å². The molecule has 1 aromatic heterocycles. The van der Waals surface area contributed by atoms with Gasteiger partial charge in [0.2, 0.25) is 0 Å². The summed E-state index contributed by atoms with van der Waals surface area (Å²) >= 11 is 0. The van der Waals surface area contributed by atoms with Gasteiger partial charge in [-0.2, -0.15) is 0 Å². The van der Waals surface area contributed by atoms with Crippen LogP contribution in [0.5, 0.6) is 5.75 Å². The van der Waals surface area contributed by atoms with Crippen LogP contribution in [0.1, 0.15) is 25.7 Å². The van der Waals surface area contributed by atoms with Gasteiger partial charge in [0.25, 0.3) is 5.91 Å². The van der Waals surface area contributed by atoms with Crippen molar-refractivity contribution >= 4 is 5.91 Å². The van der Waals surface area contributed by atoms with Gasteiger partial charge in [-0.3, -0.25) is 9.78 Å². The Bertz CT molecular complexity index is 480. The number of rotatable bonds is 4. The van der Waals surface area contributed by atoms with Gasteiger partial charge in [0.15, 0.2) is 6.61 Å². The molecule has 1 amide bonds. The van der Waals surface area contributed by atoms with Crippen LogP contribution in [0.25, 0.3) is 0 Å². The lowest BCUT2D eigenvalue weighted by molar-refractivity contribution is -0.135. The van der Waals surface area contributed by atoms with Crippen molar-refractivity contribution in [2.24, 2.45) is 0 Å². The van der Waals surface area contributed by atoms with E-state index in [0.29, 0.717) is 17.8 Å². The lowest BCUT2D eigenvalue weighted by atomic mass is 10.0. The average molecular weight is 289 g/mol. The van der Waals surface area contributed by atoms with Crippen LogP contribution in [0.3, 0.4) is 0 Å². The zero-order chi connectivity index (χ0) is 14.7. The molecule has 2 aliphatic heterocycles. The van der Waals surface area contributed by atoms with E-state index in [0.717, 1.165) is 25.9 Å². The zero-order valence-electron chi connectivity index (χ0n) is 12.6. The second kappa shape index (κ2) is 6.43. The lowest BCUT2D eigenvalue weighted by Crippen LogP contribution is -2.48. The molecule has 0 bridgehead atoms. The molecular weight excluding hydrogens is 266 g/mol. The van der Waals surface area contributed by atoms with E-state index in [1.807, 2.05) is 17.0 Å². The van der Waals surface area contributed by atoms with Crippen LogP contribution >= 0.6 is 0 Å². The van der Waals surface area contributed by atoms with Crippen molar-refractivity contribution in [2.45, 2.75) is 37.8 Å². The minimum Gasteiger partial charge on any atom is -0.482 e. The second-order valence-electron chi connectivity index (χ2n) is 5.96. The first-order chi connectivity index (χ1) is 10.3. The van der Waals surface area contributed by atoms with E-state index in [2.05, 4.69) is 16.9 Å². The Morgan fingerprint density at radius 3 is 2.86 bits per heavy atom. The van der Waals surface area contributed by atoms with E-state index in [-0.39, 0.29) is 12.5 Å². The fraction of sp³-hybridized carbons (Fsp3) is 0.625. The van der Waals surface area contributed by atoms with Crippen molar-refractivity contribution in [1.82, 2.24) is 14.8 Å². The van der Waals surface area contributed by atoms with Crippen molar-refractivity contribution in [3.05, 3.63) is 24.5 Å². The number of carbonyl (C=O) groups excluding carboxylic acids is 1. The Morgan fingerprint density at radius 2 is 2.14 bits per heavy atom. The van der Waals surface area contributed by atoms with Gasteiger partial charge in [-0.15, -0.1) is 0 Å². The van der Waals surface area contributed by atoms with E-state index in [9.17, 15) is 4.79 Å². The van der Waals surface area contributed by atoms with Crippen molar-refractivity contribution < 1.29 is 9.53 Å². The fourth-order valence-electron chi connectivity index (χ4n) is 3.58. The Hall–Kier alpha value is -1.62. The summed E-state index contributed by atoms with van der Waals surface area (Å²) in [6.45, 7) is 2.12. The third kappa shape index (κ3) is 3.18. The molecule has 3 heterocycles. The molecule has 2 atom stereocenters. The number of ether oxygens (including phenoxy) is 1. The SMILES string of the molecule is CN1CCC[C@@H]1[C@H]1CCCN1C(=O)COc1cccnc1. The molecule has 0 aromatic carbocycles. The maximum absolute atomic E-state index is 12.5. The summed E-state index contributed by atoms with van der Waals surface area (Å²) in [5.41, 5.74) is 0. The topological polar surface area (TPSA) is 45.7 Å². The van der Waals surface area contributed by atoms with Gasteiger partial charge in [0.1, 0.15) is 5.75 Å². The van der Waals surface area contributed by atoms with Gasteiger partial charge in [-0.05, 0) is 51.4 Å². The van der Waals surface area contributed by atoms with Crippen molar-refractivity contribution in [1.29, 1.82) is 0 Å². The number of pyridine rings is 1. The molecule has 0 unspecified atom stereocenters. The van der Waals surface area contributed by atoms with Gasteiger partial charge in [-0.1, -0.05) is 0 Å². The minimum atomic E-state index is 0.0988. The maximum atomic E-state index is 12.5. The molecule has 2 fully saturated rings. The predicted octanol–water partition coefficient (Wildman–Crippen LogP) is 1.55. The molecular formula is C16H23N3O2. The normalized spacial score (nSPS) is 26.2. The lowest BCUT2D eigenvalue weighted by Gasteiger charge is -2.33. The summed E-state index contributed by atoms with van der Waals surface area (Å²) in [7, 11) is 2.17. The highest BCUT2D eigenvalue weighted by Crippen LogP contribution is 2.29. The molecule has 0 N–H and O–H groups in total. The highest BCUT2D eigenvalue weighted by atomic mass is 16.5. The van der Waals surface area contributed by atoms with E-state index in [1.165, 1.54) is 12.8 Å².